The average molecular weight is 421 g/mol. The van der Waals surface area contributed by atoms with E-state index in [0.29, 0.717) is 47.1 Å². The van der Waals surface area contributed by atoms with Gasteiger partial charge in [0.1, 0.15) is 35.0 Å². The molecule has 2 aromatic heterocycles. The van der Waals surface area contributed by atoms with Gasteiger partial charge in [-0.3, -0.25) is 0 Å². The van der Waals surface area contributed by atoms with Crippen molar-refractivity contribution >= 4 is 35.4 Å². The maximum absolute atomic E-state index is 6.23. The lowest BCUT2D eigenvalue weighted by atomic mass is 10.1. The Balaban J connectivity index is 1.43. The molecule has 6 nitrogen and oxygen atoms in total. The summed E-state index contributed by atoms with van der Waals surface area (Å²) in [5.41, 5.74) is 1.50. The van der Waals surface area contributed by atoms with Crippen molar-refractivity contribution in [1.29, 1.82) is 0 Å². The van der Waals surface area contributed by atoms with Crippen molar-refractivity contribution in [2.75, 3.05) is 26.3 Å². The summed E-state index contributed by atoms with van der Waals surface area (Å²) in [4.78, 5) is 8.41. The highest BCUT2D eigenvalue weighted by Gasteiger charge is 2.17. The fourth-order valence-corrected chi connectivity index (χ4v) is 3.17. The van der Waals surface area contributed by atoms with Gasteiger partial charge >= 0.3 is 0 Å². The summed E-state index contributed by atoms with van der Waals surface area (Å²) >= 11 is 12.5. The van der Waals surface area contributed by atoms with E-state index in [9.17, 15) is 0 Å². The normalized spacial score (nSPS) is 21.2. The highest BCUT2D eigenvalue weighted by molar-refractivity contribution is 6.31. The molecule has 148 valence electrons. The Morgan fingerprint density at radius 1 is 0.857 bits per heavy atom. The molecule has 0 radical (unpaired) electrons. The van der Waals surface area contributed by atoms with E-state index in [2.05, 4.69) is 20.6 Å². The zero-order valence-corrected chi connectivity index (χ0v) is 16.8. The second-order valence-electron chi connectivity index (χ2n) is 6.94. The molecule has 0 amide bonds. The predicted octanol–water partition coefficient (Wildman–Crippen LogP) is 3.44. The van der Waals surface area contributed by atoms with Gasteiger partial charge in [-0.25, -0.2) is 9.97 Å². The first-order valence-corrected chi connectivity index (χ1v) is 10.1. The third-order valence-corrected chi connectivity index (χ3v) is 5.51. The smallest absolute Gasteiger partial charge is 0.138 e. The molecule has 28 heavy (non-hydrogen) atoms. The van der Waals surface area contributed by atoms with Crippen LogP contribution < -0.4 is 20.1 Å². The molecule has 0 spiro atoms. The first-order chi connectivity index (χ1) is 13.7. The minimum absolute atomic E-state index is 0.401. The SMILES string of the molecule is Clc1ncc(OCC2CCN2)cc1C=Cc1cc(OCC2CCN2)cnc1Cl. The molecule has 4 heterocycles. The molecule has 0 bridgehead atoms. The molecule has 2 unspecified atom stereocenters. The Bertz CT molecular complexity index is 785. The molecule has 2 saturated heterocycles. The number of halogens is 2. The van der Waals surface area contributed by atoms with E-state index in [1.54, 1.807) is 12.4 Å². The van der Waals surface area contributed by atoms with Crippen molar-refractivity contribution in [1.82, 2.24) is 20.6 Å². The summed E-state index contributed by atoms with van der Waals surface area (Å²) in [6.07, 6.45) is 9.24. The standard InChI is InChI=1S/C20H22Cl2N4O2/c21-19-13(7-17(9-25-19)27-11-15-3-5-23-15)1-2-14-8-18(10-26-20(14)22)28-12-16-4-6-24-16/h1-2,7-10,15-16,23-24H,3-6,11-12H2. The van der Waals surface area contributed by atoms with Crippen molar-refractivity contribution in [3.8, 4) is 11.5 Å². The van der Waals surface area contributed by atoms with E-state index in [1.807, 2.05) is 24.3 Å². The Kier molecular flexibility index (Phi) is 6.32. The van der Waals surface area contributed by atoms with Gasteiger partial charge in [0.25, 0.3) is 0 Å². The first kappa shape index (κ1) is 19.5. The lowest BCUT2D eigenvalue weighted by Gasteiger charge is -2.27. The van der Waals surface area contributed by atoms with Crippen LogP contribution in [0.4, 0.5) is 0 Å². The van der Waals surface area contributed by atoms with Crippen molar-refractivity contribution in [3.05, 3.63) is 46.0 Å². The molecular weight excluding hydrogens is 399 g/mol. The lowest BCUT2D eigenvalue weighted by Crippen LogP contribution is -2.46. The Labute approximate surface area is 174 Å². The molecule has 0 aliphatic carbocycles. The number of ether oxygens (including phenoxy) is 2. The molecule has 2 aliphatic rings. The summed E-state index contributed by atoms with van der Waals surface area (Å²) in [6, 6.07) is 4.57. The van der Waals surface area contributed by atoms with Crippen molar-refractivity contribution in [2.24, 2.45) is 0 Å². The van der Waals surface area contributed by atoms with E-state index in [4.69, 9.17) is 32.7 Å². The fourth-order valence-electron chi connectivity index (χ4n) is 2.84. The summed E-state index contributed by atoms with van der Waals surface area (Å²) in [5, 5.41) is 7.40. The highest BCUT2D eigenvalue weighted by atomic mass is 35.5. The van der Waals surface area contributed by atoms with E-state index < -0.39 is 0 Å². The molecule has 0 saturated carbocycles. The quantitative estimate of drug-likeness (QED) is 0.637. The second kappa shape index (κ2) is 9.09. The number of rotatable bonds is 8. The molecule has 2 fully saturated rings. The Hall–Kier alpha value is -1.86. The molecule has 0 aromatic carbocycles. The number of hydrogen-bond acceptors (Lipinski definition) is 6. The van der Waals surface area contributed by atoms with Crippen LogP contribution in [-0.2, 0) is 0 Å². The summed E-state index contributed by atoms with van der Waals surface area (Å²) in [5.74, 6) is 1.37. The predicted molar refractivity (Wildman–Crippen MR) is 111 cm³/mol. The average Bonchev–Trinajstić information content (AvgIpc) is 2.61. The molecule has 2 N–H and O–H groups in total. The number of hydrogen-bond donors (Lipinski definition) is 2. The number of aromatic nitrogens is 2. The van der Waals surface area contributed by atoms with Crippen LogP contribution in [0.25, 0.3) is 12.2 Å². The van der Waals surface area contributed by atoms with Gasteiger partial charge in [-0.15, -0.1) is 0 Å². The Morgan fingerprint density at radius 3 is 1.64 bits per heavy atom. The zero-order valence-electron chi connectivity index (χ0n) is 15.3. The van der Waals surface area contributed by atoms with Crippen LogP contribution >= 0.6 is 23.2 Å². The van der Waals surface area contributed by atoms with Gasteiger partial charge in [-0.1, -0.05) is 35.4 Å². The van der Waals surface area contributed by atoms with Crippen LogP contribution in [0, 0.1) is 0 Å². The van der Waals surface area contributed by atoms with Crippen molar-refractivity contribution in [3.63, 3.8) is 0 Å². The van der Waals surface area contributed by atoms with Crippen LogP contribution in [0.2, 0.25) is 10.3 Å². The van der Waals surface area contributed by atoms with Crippen LogP contribution in [0.3, 0.4) is 0 Å². The molecule has 4 rings (SSSR count). The largest absolute Gasteiger partial charge is 0.490 e. The van der Waals surface area contributed by atoms with Gasteiger partial charge < -0.3 is 20.1 Å². The fraction of sp³-hybridized carbons (Fsp3) is 0.400. The molecular formula is C20H22Cl2N4O2. The van der Waals surface area contributed by atoms with Gasteiger partial charge in [0.2, 0.25) is 0 Å². The van der Waals surface area contributed by atoms with Crippen molar-refractivity contribution < 1.29 is 9.47 Å². The van der Waals surface area contributed by atoms with Gasteiger partial charge in [0.05, 0.1) is 12.4 Å². The van der Waals surface area contributed by atoms with Crippen LogP contribution in [0.15, 0.2) is 24.5 Å². The van der Waals surface area contributed by atoms with E-state index in [1.165, 1.54) is 0 Å². The maximum Gasteiger partial charge on any atom is 0.138 e. The summed E-state index contributed by atoms with van der Waals surface area (Å²) in [7, 11) is 0. The van der Waals surface area contributed by atoms with Gasteiger partial charge in [-0.05, 0) is 38.1 Å². The molecule has 2 aromatic rings. The van der Waals surface area contributed by atoms with E-state index in [0.717, 1.165) is 37.1 Å². The lowest BCUT2D eigenvalue weighted by molar-refractivity contribution is 0.217. The van der Waals surface area contributed by atoms with Crippen LogP contribution in [-0.4, -0.2) is 48.4 Å². The first-order valence-electron chi connectivity index (χ1n) is 9.39. The third-order valence-electron chi connectivity index (χ3n) is 4.88. The monoisotopic (exact) mass is 420 g/mol. The molecule has 2 aliphatic heterocycles. The minimum atomic E-state index is 0.401. The molecule has 8 heteroatoms. The van der Waals surface area contributed by atoms with Crippen LogP contribution in [0.1, 0.15) is 24.0 Å². The Morgan fingerprint density at radius 2 is 1.29 bits per heavy atom. The maximum atomic E-state index is 6.23. The van der Waals surface area contributed by atoms with Gasteiger partial charge in [0.15, 0.2) is 0 Å². The second-order valence-corrected chi connectivity index (χ2v) is 7.65. The topological polar surface area (TPSA) is 68.3 Å². The zero-order chi connectivity index (χ0) is 19.3. The number of pyridine rings is 2. The van der Waals surface area contributed by atoms with Gasteiger partial charge in [-0.2, -0.15) is 0 Å². The summed E-state index contributed by atoms with van der Waals surface area (Å²) < 4.78 is 11.6. The number of nitrogens with one attached hydrogen (secondary N) is 2. The third kappa shape index (κ3) is 4.94. The van der Waals surface area contributed by atoms with Crippen molar-refractivity contribution in [2.45, 2.75) is 24.9 Å². The van der Waals surface area contributed by atoms with E-state index in [-0.39, 0.29) is 0 Å². The van der Waals surface area contributed by atoms with E-state index >= 15 is 0 Å². The molecule has 2 atom stereocenters. The highest BCUT2D eigenvalue weighted by Crippen LogP contribution is 2.25. The van der Waals surface area contributed by atoms with Crippen LogP contribution in [0.5, 0.6) is 11.5 Å². The number of nitrogens with zero attached hydrogens (tertiary/aromatic N) is 2. The summed E-state index contributed by atoms with van der Waals surface area (Å²) in [6.45, 7) is 3.35. The van der Waals surface area contributed by atoms with Gasteiger partial charge in [0, 0.05) is 23.2 Å². The minimum Gasteiger partial charge on any atom is -0.490 e.